The predicted octanol–water partition coefficient (Wildman–Crippen LogP) is 2.17. The van der Waals surface area contributed by atoms with Crippen LogP contribution in [0.3, 0.4) is 0 Å². The van der Waals surface area contributed by atoms with Gasteiger partial charge in [0.15, 0.2) is 0 Å². The van der Waals surface area contributed by atoms with Gasteiger partial charge in [-0.1, -0.05) is 37.5 Å². The van der Waals surface area contributed by atoms with Gasteiger partial charge in [-0.3, -0.25) is 9.59 Å². The lowest BCUT2D eigenvalue weighted by atomic mass is 9.84. The lowest BCUT2D eigenvalue weighted by molar-refractivity contribution is 0.0917. The van der Waals surface area contributed by atoms with E-state index in [0.717, 1.165) is 18.2 Å². The summed E-state index contributed by atoms with van der Waals surface area (Å²) < 4.78 is 0. The van der Waals surface area contributed by atoms with E-state index >= 15 is 0 Å². The number of aromatic amines is 1. The molecule has 4 N–H and O–H groups in total. The maximum Gasteiger partial charge on any atom is 0.252 e. The van der Waals surface area contributed by atoms with E-state index in [0.29, 0.717) is 23.5 Å². The zero-order valence-electron chi connectivity index (χ0n) is 13.2. The highest BCUT2D eigenvalue weighted by Crippen LogP contribution is 2.26. The first kappa shape index (κ1) is 15.7. The Morgan fingerprint density at radius 1 is 1.26 bits per heavy atom. The van der Waals surface area contributed by atoms with E-state index in [1.807, 2.05) is 18.2 Å². The van der Waals surface area contributed by atoms with Crippen LogP contribution in [0.1, 0.15) is 42.5 Å². The molecule has 5 heteroatoms. The Hall–Kier alpha value is -2.14. The number of aromatic nitrogens is 1. The molecule has 0 bridgehead atoms. The fraction of sp³-hybridized carbons (Fsp3) is 0.444. The predicted molar refractivity (Wildman–Crippen MR) is 91.5 cm³/mol. The second-order valence-electron chi connectivity index (χ2n) is 6.31. The Labute approximate surface area is 135 Å². The quantitative estimate of drug-likeness (QED) is 0.808. The maximum absolute atomic E-state index is 12.7. The van der Waals surface area contributed by atoms with Crippen LogP contribution in [-0.4, -0.2) is 23.5 Å². The summed E-state index contributed by atoms with van der Waals surface area (Å²) in [4.78, 5) is 27.3. The van der Waals surface area contributed by atoms with E-state index in [-0.39, 0.29) is 17.5 Å². The van der Waals surface area contributed by atoms with E-state index in [1.165, 1.54) is 25.3 Å². The van der Waals surface area contributed by atoms with Crippen LogP contribution in [0.25, 0.3) is 10.9 Å². The van der Waals surface area contributed by atoms with Crippen molar-refractivity contribution in [2.45, 2.75) is 38.1 Å². The lowest BCUT2D eigenvalue weighted by Crippen LogP contribution is -2.46. The molecular formula is C18H23N3O2. The SMILES string of the molecule is NCC(NC(=O)c1cc(=O)[nH]c2ccccc12)C1CCCCC1. The van der Waals surface area contributed by atoms with E-state index in [4.69, 9.17) is 5.73 Å². The monoisotopic (exact) mass is 313 g/mol. The summed E-state index contributed by atoms with van der Waals surface area (Å²) in [6.07, 6.45) is 5.88. The average Bonchev–Trinajstić information content (AvgIpc) is 2.59. The van der Waals surface area contributed by atoms with Gasteiger partial charge in [0.1, 0.15) is 0 Å². The number of hydrogen-bond acceptors (Lipinski definition) is 3. The van der Waals surface area contributed by atoms with Gasteiger partial charge in [0, 0.05) is 29.6 Å². The molecule has 1 aliphatic carbocycles. The van der Waals surface area contributed by atoms with Gasteiger partial charge in [-0.2, -0.15) is 0 Å². The van der Waals surface area contributed by atoms with Gasteiger partial charge in [0.05, 0.1) is 5.56 Å². The summed E-state index contributed by atoms with van der Waals surface area (Å²) in [6, 6.07) is 8.68. The molecule has 1 saturated carbocycles. The molecule has 1 fully saturated rings. The smallest absolute Gasteiger partial charge is 0.252 e. The zero-order valence-corrected chi connectivity index (χ0v) is 13.2. The molecule has 0 radical (unpaired) electrons. The van der Waals surface area contributed by atoms with Crippen molar-refractivity contribution in [1.29, 1.82) is 0 Å². The van der Waals surface area contributed by atoms with Crippen LogP contribution < -0.4 is 16.6 Å². The molecule has 1 heterocycles. The molecule has 1 unspecified atom stereocenters. The van der Waals surface area contributed by atoms with Gasteiger partial charge in [0.2, 0.25) is 5.56 Å². The zero-order chi connectivity index (χ0) is 16.2. The first-order valence-electron chi connectivity index (χ1n) is 8.32. The molecule has 23 heavy (non-hydrogen) atoms. The van der Waals surface area contributed by atoms with Gasteiger partial charge < -0.3 is 16.0 Å². The Kier molecular flexibility index (Phi) is 4.76. The number of carbonyl (C=O) groups is 1. The summed E-state index contributed by atoms with van der Waals surface area (Å²) in [5.41, 5.74) is 6.71. The summed E-state index contributed by atoms with van der Waals surface area (Å²) >= 11 is 0. The molecule has 122 valence electrons. The molecule has 1 amide bonds. The molecule has 1 atom stereocenters. The van der Waals surface area contributed by atoms with Crippen LogP contribution in [0.2, 0.25) is 0 Å². The Morgan fingerprint density at radius 2 is 2.00 bits per heavy atom. The highest BCUT2D eigenvalue weighted by Gasteiger charge is 2.25. The molecule has 0 spiro atoms. The van der Waals surface area contributed by atoms with Crippen molar-refractivity contribution in [2.75, 3.05) is 6.54 Å². The number of carbonyl (C=O) groups excluding carboxylic acids is 1. The second-order valence-corrected chi connectivity index (χ2v) is 6.31. The minimum absolute atomic E-state index is 0.0270. The van der Waals surface area contributed by atoms with Crippen LogP contribution >= 0.6 is 0 Å². The molecule has 1 aliphatic rings. The summed E-state index contributed by atoms with van der Waals surface area (Å²) in [7, 11) is 0. The first-order valence-corrected chi connectivity index (χ1v) is 8.32. The van der Waals surface area contributed by atoms with Gasteiger partial charge in [-0.25, -0.2) is 0 Å². The third kappa shape index (κ3) is 3.45. The maximum atomic E-state index is 12.7. The molecular weight excluding hydrogens is 290 g/mol. The number of pyridine rings is 1. The topological polar surface area (TPSA) is 88.0 Å². The van der Waals surface area contributed by atoms with Crippen LogP contribution in [-0.2, 0) is 0 Å². The summed E-state index contributed by atoms with van der Waals surface area (Å²) in [6.45, 7) is 0.428. The number of benzene rings is 1. The van der Waals surface area contributed by atoms with Crippen LogP contribution in [0.15, 0.2) is 35.1 Å². The van der Waals surface area contributed by atoms with Crippen molar-refractivity contribution in [3.63, 3.8) is 0 Å². The van der Waals surface area contributed by atoms with Crippen molar-refractivity contribution in [3.8, 4) is 0 Å². The van der Waals surface area contributed by atoms with Gasteiger partial charge in [0.25, 0.3) is 5.91 Å². The number of amides is 1. The van der Waals surface area contributed by atoms with Crippen molar-refractivity contribution < 1.29 is 4.79 Å². The van der Waals surface area contributed by atoms with E-state index < -0.39 is 0 Å². The molecule has 5 nitrogen and oxygen atoms in total. The van der Waals surface area contributed by atoms with Crippen LogP contribution in [0, 0.1) is 5.92 Å². The van der Waals surface area contributed by atoms with Crippen molar-refractivity contribution >= 4 is 16.8 Å². The van der Waals surface area contributed by atoms with Gasteiger partial charge in [-0.15, -0.1) is 0 Å². The molecule has 1 aromatic heterocycles. The fourth-order valence-electron chi connectivity index (χ4n) is 3.54. The number of nitrogens with one attached hydrogen (secondary N) is 2. The molecule has 3 rings (SSSR count). The van der Waals surface area contributed by atoms with Crippen molar-refractivity contribution in [3.05, 3.63) is 46.2 Å². The molecule has 1 aromatic carbocycles. The number of H-pyrrole nitrogens is 1. The van der Waals surface area contributed by atoms with Crippen molar-refractivity contribution in [2.24, 2.45) is 11.7 Å². The van der Waals surface area contributed by atoms with E-state index in [1.54, 1.807) is 6.07 Å². The van der Waals surface area contributed by atoms with Crippen LogP contribution in [0.5, 0.6) is 0 Å². The van der Waals surface area contributed by atoms with Crippen molar-refractivity contribution in [1.82, 2.24) is 10.3 Å². The summed E-state index contributed by atoms with van der Waals surface area (Å²) in [5, 5.41) is 3.81. The fourth-order valence-corrected chi connectivity index (χ4v) is 3.54. The Balaban J connectivity index is 1.86. The van der Waals surface area contributed by atoms with E-state index in [9.17, 15) is 9.59 Å². The van der Waals surface area contributed by atoms with Gasteiger partial charge >= 0.3 is 0 Å². The average molecular weight is 313 g/mol. The summed E-state index contributed by atoms with van der Waals surface area (Å²) in [5.74, 6) is 0.222. The molecule has 0 saturated heterocycles. The number of nitrogens with two attached hydrogens (primary N) is 1. The minimum Gasteiger partial charge on any atom is -0.348 e. The lowest BCUT2D eigenvalue weighted by Gasteiger charge is -2.30. The van der Waals surface area contributed by atoms with E-state index in [2.05, 4.69) is 10.3 Å². The number of rotatable bonds is 4. The second kappa shape index (κ2) is 6.96. The number of fused-ring (bicyclic) bond motifs is 1. The first-order chi connectivity index (χ1) is 11.2. The Morgan fingerprint density at radius 3 is 2.74 bits per heavy atom. The third-order valence-electron chi connectivity index (χ3n) is 4.78. The molecule has 2 aromatic rings. The molecule has 0 aliphatic heterocycles. The normalized spacial score (nSPS) is 17.1. The van der Waals surface area contributed by atoms with Gasteiger partial charge in [-0.05, 0) is 24.8 Å². The Bertz CT molecular complexity index is 747. The largest absolute Gasteiger partial charge is 0.348 e. The minimum atomic E-state index is -0.268. The highest BCUT2D eigenvalue weighted by molar-refractivity contribution is 6.06. The highest BCUT2D eigenvalue weighted by atomic mass is 16.2. The third-order valence-corrected chi connectivity index (χ3v) is 4.78. The standard InChI is InChI=1S/C18H23N3O2/c19-11-16(12-6-2-1-3-7-12)21-18(23)14-10-17(22)20-15-9-5-4-8-13(14)15/h4-5,8-10,12,16H,1-3,6-7,11,19H2,(H,20,22)(H,21,23). The van der Waals surface area contributed by atoms with Crippen LogP contribution in [0.4, 0.5) is 0 Å². The number of para-hydroxylation sites is 1. The number of hydrogen-bond donors (Lipinski definition) is 3.